The number of rotatable bonds is 2. The number of aliphatic hydroxyl groups is 4. The number of alkyl halides is 1. The normalized spacial score (nSPS) is 52.5. The van der Waals surface area contributed by atoms with Crippen molar-refractivity contribution in [3.8, 4) is 0 Å². The average Bonchev–Trinajstić information content (AvgIpc) is 2.84. The molecule has 7 heteroatoms. The number of aliphatic hydroxyl groups excluding tert-OH is 3. The summed E-state index contributed by atoms with van der Waals surface area (Å²) in [6, 6.07) is 0. The van der Waals surface area contributed by atoms with Crippen molar-refractivity contribution >= 4 is 11.6 Å². The minimum absolute atomic E-state index is 0.0135. The predicted molar refractivity (Wildman–Crippen MR) is 96.8 cm³/mol. The molecule has 8 atom stereocenters. The summed E-state index contributed by atoms with van der Waals surface area (Å²) in [6.07, 6.45) is 1.93. The zero-order valence-electron chi connectivity index (χ0n) is 16.1. The molecule has 3 fully saturated rings. The summed E-state index contributed by atoms with van der Waals surface area (Å²) in [6.45, 7) is 2.33. The van der Waals surface area contributed by atoms with Crippen molar-refractivity contribution in [2.45, 2.75) is 63.0 Å². The third-order valence-electron chi connectivity index (χ3n) is 8.43. The van der Waals surface area contributed by atoms with Crippen LogP contribution in [0.3, 0.4) is 0 Å². The van der Waals surface area contributed by atoms with Crippen molar-refractivity contribution in [2.24, 2.45) is 22.7 Å². The Bertz CT molecular complexity index is 807. The molecule has 0 amide bonds. The van der Waals surface area contributed by atoms with Crippen molar-refractivity contribution in [3.05, 3.63) is 23.8 Å². The van der Waals surface area contributed by atoms with Gasteiger partial charge < -0.3 is 20.4 Å². The fourth-order valence-corrected chi connectivity index (χ4v) is 6.85. The molecular weight excluding hydrogens is 367 g/mol. The second kappa shape index (κ2) is 5.81. The van der Waals surface area contributed by atoms with E-state index in [0.29, 0.717) is 18.4 Å². The van der Waals surface area contributed by atoms with Crippen LogP contribution in [0.5, 0.6) is 0 Å². The number of fused-ring (bicyclic) bond motifs is 5. The van der Waals surface area contributed by atoms with Crippen LogP contribution >= 0.6 is 0 Å². The van der Waals surface area contributed by atoms with Gasteiger partial charge >= 0.3 is 0 Å². The number of ketones is 2. The number of hydrogen-bond acceptors (Lipinski definition) is 6. The molecule has 6 nitrogen and oxygen atoms in total. The molecule has 0 heterocycles. The van der Waals surface area contributed by atoms with Crippen molar-refractivity contribution in [3.63, 3.8) is 0 Å². The van der Waals surface area contributed by atoms with Gasteiger partial charge in [-0.25, -0.2) is 4.39 Å². The molecule has 0 bridgehead atoms. The molecule has 0 spiro atoms. The number of hydrogen-bond donors (Lipinski definition) is 4. The molecule has 0 aromatic rings. The summed E-state index contributed by atoms with van der Waals surface area (Å²) in [5.74, 6) is -2.38. The fraction of sp³-hybridized carbons (Fsp3) is 0.714. The molecule has 0 aromatic carbocycles. The van der Waals surface area contributed by atoms with Crippen LogP contribution in [0.1, 0.15) is 39.5 Å². The Morgan fingerprint density at radius 2 is 1.93 bits per heavy atom. The minimum atomic E-state index is -2.23. The molecule has 3 saturated carbocycles. The summed E-state index contributed by atoms with van der Waals surface area (Å²) in [5.41, 5.74) is -6.12. The largest absolute Gasteiger partial charge is 0.390 e. The summed E-state index contributed by atoms with van der Waals surface area (Å²) < 4.78 is 16.8. The van der Waals surface area contributed by atoms with Crippen LogP contribution in [0.2, 0.25) is 0 Å². The van der Waals surface area contributed by atoms with Gasteiger partial charge in [0.1, 0.15) is 6.61 Å². The number of carbonyl (C=O) groups is 2. The smallest absolute Gasteiger partial charge is 0.192 e. The Kier molecular flexibility index (Phi) is 4.13. The summed E-state index contributed by atoms with van der Waals surface area (Å²) in [7, 11) is 0. The minimum Gasteiger partial charge on any atom is -0.390 e. The van der Waals surface area contributed by atoms with E-state index in [-0.39, 0.29) is 18.6 Å². The molecule has 28 heavy (non-hydrogen) atoms. The maximum atomic E-state index is 16.8. The number of Topliss-reactive ketones (excluding diaryl/α,β-unsaturated/α-hetero) is 1. The van der Waals surface area contributed by atoms with E-state index in [4.69, 9.17) is 0 Å². The highest BCUT2D eigenvalue weighted by Crippen LogP contribution is 2.69. The van der Waals surface area contributed by atoms with Crippen molar-refractivity contribution in [1.29, 1.82) is 0 Å². The monoisotopic (exact) mass is 394 g/mol. The Balaban J connectivity index is 1.84. The predicted octanol–water partition coefficient (Wildman–Crippen LogP) is 0.620. The molecule has 4 N–H and O–H groups in total. The van der Waals surface area contributed by atoms with E-state index in [1.54, 1.807) is 13.8 Å². The SMILES string of the molecule is C[C@]12C=CC(=O)C=C1CCC1C3CC(O)[C@](O)(C(=O)CO)[C@@]3(C)CC(O)[C@@]12F. The van der Waals surface area contributed by atoms with E-state index in [0.717, 1.165) is 0 Å². The first-order valence-corrected chi connectivity index (χ1v) is 9.82. The van der Waals surface area contributed by atoms with Crippen LogP contribution in [-0.2, 0) is 9.59 Å². The molecule has 0 saturated heterocycles. The van der Waals surface area contributed by atoms with Crippen LogP contribution in [0, 0.1) is 22.7 Å². The maximum absolute atomic E-state index is 16.8. The lowest BCUT2D eigenvalue weighted by atomic mass is 9.44. The zero-order valence-corrected chi connectivity index (χ0v) is 16.1. The molecule has 0 radical (unpaired) electrons. The molecule has 4 aliphatic rings. The van der Waals surface area contributed by atoms with E-state index < -0.39 is 58.5 Å². The maximum Gasteiger partial charge on any atom is 0.192 e. The van der Waals surface area contributed by atoms with Crippen LogP contribution in [0.25, 0.3) is 0 Å². The number of halogens is 1. The molecule has 0 aromatic heterocycles. The van der Waals surface area contributed by atoms with Crippen LogP contribution < -0.4 is 0 Å². The molecule has 4 rings (SSSR count). The lowest BCUT2D eigenvalue weighted by Crippen LogP contribution is -2.69. The van der Waals surface area contributed by atoms with Gasteiger partial charge in [-0.05, 0) is 50.7 Å². The van der Waals surface area contributed by atoms with Gasteiger partial charge in [0, 0.05) is 16.7 Å². The van der Waals surface area contributed by atoms with Crippen molar-refractivity contribution in [1.82, 2.24) is 0 Å². The van der Waals surface area contributed by atoms with Gasteiger partial charge in [0.2, 0.25) is 0 Å². The second-order valence-corrected chi connectivity index (χ2v) is 9.36. The van der Waals surface area contributed by atoms with Crippen LogP contribution in [0.4, 0.5) is 4.39 Å². The molecular formula is C21H27FO6. The highest BCUT2D eigenvalue weighted by Gasteiger charge is 2.76. The Morgan fingerprint density at radius 3 is 2.57 bits per heavy atom. The first-order chi connectivity index (χ1) is 13.0. The molecule has 154 valence electrons. The van der Waals surface area contributed by atoms with Gasteiger partial charge in [0.25, 0.3) is 0 Å². The van der Waals surface area contributed by atoms with Crippen LogP contribution in [-0.4, -0.2) is 62.1 Å². The first kappa shape index (κ1) is 19.9. The van der Waals surface area contributed by atoms with E-state index in [9.17, 15) is 30.0 Å². The third kappa shape index (κ3) is 2.01. The van der Waals surface area contributed by atoms with E-state index in [1.807, 2.05) is 0 Å². The highest BCUT2D eigenvalue weighted by molar-refractivity contribution is 6.01. The van der Waals surface area contributed by atoms with E-state index >= 15 is 4.39 Å². The Labute approximate surface area is 162 Å². The van der Waals surface area contributed by atoms with Gasteiger partial charge in [-0.3, -0.25) is 9.59 Å². The first-order valence-electron chi connectivity index (χ1n) is 9.82. The topological polar surface area (TPSA) is 115 Å². The van der Waals surface area contributed by atoms with Gasteiger partial charge in [-0.1, -0.05) is 18.6 Å². The molecule has 0 aliphatic heterocycles. The lowest BCUT2D eigenvalue weighted by Gasteiger charge is -2.62. The zero-order chi connectivity index (χ0) is 20.7. The van der Waals surface area contributed by atoms with Gasteiger partial charge in [0.05, 0.1) is 12.2 Å². The van der Waals surface area contributed by atoms with E-state index in [2.05, 4.69) is 0 Å². The Hall–Kier alpha value is -1.41. The highest BCUT2D eigenvalue weighted by atomic mass is 19.1. The summed E-state index contributed by atoms with van der Waals surface area (Å²) >= 11 is 0. The Morgan fingerprint density at radius 1 is 1.25 bits per heavy atom. The van der Waals surface area contributed by atoms with Gasteiger partial charge in [-0.15, -0.1) is 0 Å². The fourth-order valence-electron chi connectivity index (χ4n) is 6.85. The second-order valence-electron chi connectivity index (χ2n) is 9.36. The van der Waals surface area contributed by atoms with Gasteiger partial charge in [-0.2, -0.15) is 0 Å². The standard InChI is InChI=1S/C21H27FO6/c1-18-6-5-12(24)7-11(18)3-4-13-14-8-15(25)21(28,17(27)10-23)19(14,2)9-16(26)20(13,18)22/h5-7,13-16,23,25-26,28H,3-4,8-10H2,1-2H3/t13?,14?,15?,16?,18-,19-,20-,21-/m0/s1. The number of allylic oxidation sites excluding steroid dienone is 4. The van der Waals surface area contributed by atoms with Gasteiger partial charge in [0.15, 0.2) is 22.8 Å². The summed E-state index contributed by atoms with van der Waals surface area (Å²) in [5, 5.41) is 42.1. The lowest BCUT2D eigenvalue weighted by molar-refractivity contribution is -0.222. The third-order valence-corrected chi connectivity index (χ3v) is 8.43. The number of carbonyl (C=O) groups excluding carboxylic acids is 2. The van der Waals surface area contributed by atoms with E-state index in [1.165, 1.54) is 18.2 Å². The summed E-state index contributed by atoms with van der Waals surface area (Å²) in [4.78, 5) is 24.2. The molecule has 4 aliphatic carbocycles. The average molecular weight is 394 g/mol. The van der Waals surface area contributed by atoms with Crippen molar-refractivity contribution in [2.75, 3.05) is 6.61 Å². The molecule has 4 unspecified atom stereocenters. The quantitative estimate of drug-likeness (QED) is 0.546. The van der Waals surface area contributed by atoms with Crippen molar-refractivity contribution < 1.29 is 34.4 Å². The van der Waals surface area contributed by atoms with Crippen LogP contribution in [0.15, 0.2) is 23.8 Å².